The van der Waals surface area contributed by atoms with E-state index in [1.54, 1.807) is 18.2 Å². The lowest BCUT2D eigenvalue weighted by Crippen LogP contribution is -2.18. The highest BCUT2D eigenvalue weighted by Crippen LogP contribution is 2.30. The minimum absolute atomic E-state index is 0.0235. The first-order chi connectivity index (χ1) is 10.3. The van der Waals surface area contributed by atoms with Gasteiger partial charge in [0.15, 0.2) is 5.78 Å². The quantitative estimate of drug-likeness (QED) is 0.560. The molecule has 0 bridgehead atoms. The minimum Gasteiger partial charge on any atom is -0.491 e. The summed E-state index contributed by atoms with van der Waals surface area (Å²) < 4.78 is 11.3. The maximum absolute atomic E-state index is 11.9. The SMILES string of the molecule is CC(C)Oc1ccc(OC(C)C)c(NC(=O)CC(=O)CBr)c1. The van der Waals surface area contributed by atoms with Gasteiger partial charge in [0, 0.05) is 6.07 Å². The first-order valence-corrected chi connectivity index (χ1v) is 8.28. The molecule has 1 aromatic carbocycles. The predicted molar refractivity (Wildman–Crippen MR) is 90.0 cm³/mol. The number of hydrogen-bond acceptors (Lipinski definition) is 4. The zero-order chi connectivity index (χ0) is 16.7. The molecule has 1 aromatic rings. The van der Waals surface area contributed by atoms with E-state index in [-0.39, 0.29) is 35.6 Å². The Hall–Kier alpha value is -1.56. The first kappa shape index (κ1) is 18.5. The fraction of sp³-hybridized carbons (Fsp3) is 0.500. The van der Waals surface area contributed by atoms with Crippen LogP contribution < -0.4 is 14.8 Å². The Balaban J connectivity index is 2.95. The summed E-state index contributed by atoms with van der Waals surface area (Å²) in [5.41, 5.74) is 0.499. The van der Waals surface area contributed by atoms with Crippen molar-refractivity contribution in [2.45, 2.75) is 46.3 Å². The van der Waals surface area contributed by atoms with Gasteiger partial charge < -0.3 is 14.8 Å². The molecule has 22 heavy (non-hydrogen) atoms. The van der Waals surface area contributed by atoms with Gasteiger partial charge in [-0.2, -0.15) is 0 Å². The van der Waals surface area contributed by atoms with E-state index in [1.165, 1.54) is 0 Å². The smallest absolute Gasteiger partial charge is 0.231 e. The van der Waals surface area contributed by atoms with Crippen LogP contribution in [0.3, 0.4) is 0 Å². The molecule has 0 radical (unpaired) electrons. The summed E-state index contributed by atoms with van der Waals surface area (Å²) in [5, 5.41) is 2.87. The molecule has 0 aromatic heterocycles. The van der Waals surface area contributed by atoms with E-state index in [9.17, 15) is 9.59 Å². The van der Waals surface area contributed by atoms with E-state index < -0.39 is 0 Å². The maximum atomic E-state index is 11.9. The molecular formula is C16H22BrNO4. The zero-order valence-electron chi connectivity index (χ0n) is 13.3. The van der Waals surface area contributed by atoms with Gasteiger partial charge in [-0.25, -0.2) is 0 Å². The van der Waals surface area contributed by atoms with Gasteiger partial charge in [-0.3, -0.25) is 9.59 Å². The molecule has 0 fully saturated rings. The fourth-order valence-electron chi connectivity index (χ4n) is 1.73. The first-order valence-electron chi connectivity index (χ1n) is 7.16. The van der Waals surface area contributed by atoms with Crippen molar-refractivity contribution >= 4 is 33.3 Å². The van der Waals surface area contributed by atoms with Crippen LogP contribution in [0.15, 0.2) is 18.2 Å². The highest BCUT2D eigenvalue weighted by atomic mass is 79.9. The van der Waals surface area contributed by atoms with Crippen molar-refractivity contribution in [1.82, 2.24) is 0 Å². The predicted octanol–water partition coefficient (Wildman–Crippen LogP) is 3.55. The molecule has 0 atom stereocenters. The summed E-state index contributed by atoms with van der Waals surface area (Å²) in [6, 6.07) is 5.24. The van der Waals surface area contributed by atoms with Gasteiger partial charge in [0.05, 0.1) is 29.6 Å². The van der Waals surface area contributed by atoms with E-state index in [4.69, 9.17) is 9.47 Å². The molecule has 0 spiro atoms. The lowest BCUT2D eigenvalue weighted by molar-refractivity contribution is -0.123. The van der Waals surface area contributed by atoms with Crippen LogP contribution in [0.1, 0.15) is 34.1 Å². The van der Waals surface area contributed by atoms with Crippen LogP contribution in [0, 0.1) is 0 Å². The summed E-state index contributed by atoms with van der Waals surface area (Å²) in [6.45, 7) is 7.65. The van der Waals surface area contributed by atoms with Gasteiger partial charge >= 0.3 is 0 Å². The molecule has 0 heterocycles. The number of Topliss-reactive ketones (excluding diaryl/α,β-unsaturated/α-hetero) is 1. The van der Waals surface area contributed by atoms with Crippen LogP contribution in [0.2, 0.25) is 0 Å². The van der Waals surface area contributed by atoms with Gasteiger partial charge in [-0.1, -0.05) is 15.9 Å². The van der Waals surface area contributed by atoms with Gasteiger partial charge in [0.25, 0.3) is 0 Å². The minimum atomic E-state index is -0.375. The number of benzene rings is 1. The molecule has 6 heteroatoms. The van der Waals surface area contributed by atoms with E-state index >= 15 is 0 Å². The summed E-state index contributed by atoms with van der Waals surface area (Å²) in [6.07, 6.45) is -0.186. The summed E-state index contributed by atoms with van der Waals surface area (Å²) in [4.78, 5) is 23.2. The van der Waals surface area contributed by atoms with Gasteiger partial charge in [0.1, 0.15) is 11.5 Å². The van der Waals surface area contributed by atoms with E-state index in [0.717, 1.165) is 0 Å². The lowest BCUT2D eigenvalue weighted by atomic mass is 10.2. The molecular weight excluding hydrogens is 350 g/mol. The zero-order valence-corrected chi connectivity index (χ0v) is 14.9. The van der Waals surface area contributed by atoms with E-state index in [2.05, 4.69) is 21.2 Å². The van der Waals surface area contributed by atoms with Gasteiger partial charge in [-0.15, -0.1) is 0 Å². The third-order valence-electron chi connectivity index (χ3n) is 2.47. The average molecular weight is 372 g/mol. The number of nitrogens with one attached hydrogen (secondary N) is 1. The number of ether oxygens (including phenoxy) is 2. The summed E-state index contributed by atoms with van der Waals surface area (Å²) >= 11 is 3.04. The second-order valence-electron chi connectivity index (χ2n) is 5.39. The summed E-state index contributed by atoms with van der Waals surface area (Å²) in [7, 11) is 0. The Morgan fingerprint density at radius 2 is 1.77 bits per heavy atom. The Morgan fingerprint density at radius 3 is 2.32 bits per heavy atom. The number of anilines is 1. The fourth-order valence-corrected chi connectivity index (χ4v) is 1.93. The largest absolute Gasteiger partial charge is 0.491 e. The van der Waals surface area contributed by atoms with E-state index in [0.29, 0.717) is 17.2 Å². The molecule has 0 unspecified atom stereocenters. The lowest BCUT2D eigenvalue weighted by Gasteiger charge is -2.17. The highest BCUT2D eigenvalue weighted by molar-refractivity contribution is 9.09. The van der Waals surface area contributed by atoms with Crippen LogP contribution in [0.5, 0.6) is 11.5 Å². The van der Waals surface area contributed by atoms with Crippen LogP contribution in [-0.4, -0.2) is 29.2 Å². The molecule has 1 rings (SSSR count). The molecule has 5 nitrogen and oxygen atoms in total. The van der Waals surface area contributed by atoms with Crippen molar-refractivity contribution in [3.05, 3.63) is 18.2 Å². The molecule has 1 N–H and O–H groups in total. The Morgan fingerprint density at radius 1 is 1.14 bits per heavy atom. The van der Waals surface area contributed by atoms with Crippen molar-refractivity contribution < 1.29 is 19.1 Å². The van der Waals surface area contributed by atoms with Gasteiger partial charge in [0.2, 0.25) is 5.91 Å². The number of halogens is 1. The van der Waals surface area contributed by atoms with Crippen LogP contribution >= 0.6 is 15.9 Å². The number of amides is 1. The highest BCUT2D eigenvalue weighted by Gasteiger charge is 2.14. The number of carbonyl (C=O) groups excluding carboxylic acids is 2. The molecule has 0 saturated heterocycles. The standard InChI is InChI=1S/C16H22BrNO4/c1-10(2)21-13-5-6-15(22-11(3)4)14(8-13)18-16(20)7-12(19)9-17/h5-6,8,10-11H,7,9H2,1-4H3,(H,18,20). The Labute approximate surface area is 139 Å². The van der Waals surface area contributed by atoms with Crippen LogP contribution in [-0.2, 0) is 9.59 Å². The average Bonchev–Trinajstić information content (AvgIpc) is 2.40. The van der Waals surface area contributed by atoms with E-state index in [1.807, 2.05) is 27.7 Å². The molecule has 1 amide bonds. The number of rotatable bonds is 8. The molecule has 0 aliphatic carbocycles. The number of hydrogen-bond donors (Lipinski definition) is 1. The normalized spacial score (nSPS) is 10.7. The molecule has 0 aliphatic heterocycles. The second kappa shape index (κ2) is 8.78. The van der Waals surface area contributed by atoms with Crippen LogP contribution in [0.25, 0.3) is 0 Å². The Bertz CT molecular complexity index is 529. The van der Waals surface area contributed by atoms with Crippen LogP contribution in [0.4, 0.5) is 5.69 Å². The number of ketones is 1. The third kappa shape index (κ3) is 6.47. The maximum Gasteiger partial charge on any atom is 0.231 e. The topological polar surface area (TPSA) is 64.6 Å². The molecule has 0 aliphatic rings. The summed E-state index contributed by atoms with van der Waals surface area (Å²) in [5.74, 6) is 0.622. The van der Waals surface area contributed by atoms with Crippen molar-refractivity contribution in [3.63, 3.8) is 0 Å². The van der Waals surface area contributed by atoms with Crippen molar-refractivity contribution in [3.8, 4) is 11.5 Å². The molecule has 0 saturated carbocycles. The number of carbonyl (C=O) groups is 2. The Kier molecular flexibility index (Phi) is 7.38. The third-order valence-corrected chi connectivity index (χ3v) is 3.09. The van der Waals surface area contributed by atoms with Gasteiger partial charge in [-0.05, 0) is 39.8 Å². The van der Waals surface area contributed by atoms with Crippen molar-refractivity contribution in [2.24, 2.45) is 0 Å². The monoisotopic (exact) mass is 371 g/mol. The number of alkyl halides is 1. The molecule has 122 valence electrons. The second-order valence-corrected chi connectivity index (χ2v) is 5.95. The van der Waals surface area contributed by atoms with Crippen molar-refractivity contribution in [2.75, 3.05) is 10.6 Å². The van der Waals surface area contributed by atoms with Crippen molar-refractivity contribution in [1.29, 1.82) is 0 Å².